The zero-order valence-corrected chi connectivity index (χ0v) is 9.41. The standard InChI is InChI=1S/C10H17NO4/c1-8(10(13)14-4)7-9(12)15-6-5-11(2)3/h1,5-7H2,2-4H3. The lowest BCUT2D eigenvalue weighted by atomic mass is 10.2. The maximum absolute atomic E-state index is 11.1. The number of ether oxygens (including phenoxy) is 2. The zero-order valence-electron chi connectivity index (χ0n) is 9.41. The number of esters is 2. The summed E-state index contributed by atoms with van der Waals surface area (Å²) in [5.74, 6) is -1.05. The van der Waals surface area contributed by atoms with Crippen molar-refractivity contribution in [3.8, 4) is 0 Å². The Balaban J connectivity index is 3.74. The second-order valence-corrected chi connectivity index (χ2v) is 3.30. The van der Waals surface area contributed by atoms with E-state index >= 15 is 0 Å². The van der Waals surface area contributed by atoms with Gasteiger partial charge in [0.2, 0.25) is 0 Å². The molecule has 0 aliphatic heterocycles. The summed E-state index contributed by atoms with van der Waals surface area (Å²) in [5.41, 5.74) is 0.104. The van der Waals surface area contributed by atoms with Crippen molar-refractivity contribution in [2.45, 2.75) is 6.42 Å². The lowest BCUT2D eigenvalue weighted by Gasteiger charge is -2.10. The fourth-order valence-corrected chi connectivity index (χ4v) is 0.784. The van der Waals surface area contributed by atoms with E-state index in [9.17, 15) is 9.59 Å². The van der Waals surface area contributed by atoms with Crippen molar-refractivity contribution >= 4 is 11.9 Å². The van der Waals surface area contributed by atoms with Gasteiger partial charge in [0.1, 0.15) is 6.61 Å². The number of carbonyl (C=O) groups excluding carboxylic acids is 2. The summed E-state index contributed by atoms with van der Waals surface area (Å²) >= 11 is 0. The van der Waals surface area contributed by atoms with Gasteiger partial charge in [-0.1, -0.05) is 6.58 Å². The van der Waals surface area contributed by atoms with Crippen molar-refractivity contribution in [1.29, 1.82) is 0 Å². The Hall–Kier alpha value is -1.36. The maximum Gasteiger partial charge on any atom is 0.333 e. The van der Waals surface area contributed by atoms with Crippen LogP contribution < -0.4 is 0 Å². The summed E-state index contributed by atoms with van der Waals surface area (Å²) in [5, 5.41) is 0. The monoisotopic (exact) mass is 215 g/mol. The first kappa shape index (κ1) is 13.6. The number of hydrogen-bond donors (Lipinski definition) is 0. The molecule has 0 bridgehead atoms. The Morgan fingerprint density at radius 3 is 2.40 bits per heavy atom. The Kier molecular flexibility index (Phi) is 6.37. The number of rotatable bonds is 6. The molecule has 0 rings (SSSR count). The topological polar surface area (TPSA) is 55.8 Å². The lowest BCUT2D eigenvalue weighted by Crippen LogP contribution is -2.20. The van der Waals surface area contributed by atoms with Gasteiger partial charge in [-0.3, -0.25) is 4.79 Å². The minimum atomic E-state index is -0.584. The number of likely N-dealkylation sites (N-methyl/N-ethyl adjacent to an activating group) is 1. The highest BCUT2D eigenvalue weighted by Gasteiger charge is 2.12. The van der Waals surface area contributed by atoms with E-state index in [0.29, 0.717) is 13.2 Å². The summed E-state index contributed by atoms with van der Waals surface area (Å²) < 4.78 is 9.27. The SMILES string of the molecule is C=C(CC(=O)OCCN(C)C)C(=O)OC. The van der Waals surface area contributed by atoms with Crippen LogP contribution >= 0.6 is 0 Å². The fraction of sp³-hybridized carbons (Fsp3) is 0.600. The molecule has 0 aromatic carbocycles. The third kappa shape index (κ3) is 6.68. The van der Waals surface area contributed by atoms with E-state index in [0.717, 1.165) is 0 Å². The molecule has 0 radical (unpaired) electrons. The second-order valence-electron chi connectivity index (χ2n) is 3.30. The smallest absolute Gasteiger partial charge is 0.333 e. The third-order valence-corrected chi connectivity index (χ3v) is 1.63. The van der Waals surface area contributed by atoms with Gasteiger partial charge in [-0.25, -0.2) is 4.79 Å². The van der Waals surface area contributed by atoms with Crippen LogP contribution in [0.1, 0.15) is 6.42 Å². The van der Waals surface area contributed by atoms with Crippen molar-refractivity contribution in [1.82, 2.24) is 4.90 Å². The molecule has 0 aliphatic carbocycles. The van der Waals surface area contributed by atoms with Crippen molar-refractivity contribution in [3.05, 3.63) is 12.2 Å². The van der Waals surface area contributed by atoms with Gasteiger partial charge >= 0.3 is 11.9 Å². The van der Waals surface area contributed by atoms with Gasteiger partial charge in [0.25, 0.3) is 0 Å². The predicted molar refractivity (Wildman–Crippen MR) is 55.3 cm³/mol. The largest absolute Gasteiger partial charge is 0.466 e. The van der Waals surface area contributed by atoms with E-state index in [1.165, 1.54) is 7.11 Å². The van der Waals surface area contributed by atoms with Crippen LogP contribution in [0.4, 0.5) is 0 Å². The molecule has 0 aromatic heterocycles. The molecule has 0 aliphatic rings. The van der Waals surface area contributed by atoms with E-state index in [4.69, 9.17) is 4.74 Å². The first-order chi connectivity index (χ1) is 6.97. The molecule has 5 heteroatoms. The molecule has 0 fully saturated rings. The highest BCUT2D eigenvalue weighted by molar-refractivity contribution is 5.93. The molecule has 15 heavy (non-hydrogen) atoms. The van der Waals surface area contributed by atoms with Gasteiger partial charge in [0, 0.05) is 12.1 Å². The van der Waals surface area contributed by atoms with E-state index in [-0.39, 0.29) is 12.0 Å². The summed E-state index contributed by atoms with van der Waals surface area (Å²) in [6.07, 6.45) is -0.125. The van der Waals surface area contributed by atoms with Gasteiger partial charge in [-0.05, 0) is 14.1 Å². The molecule has 0 heterocycles. The average molecular weight is 215 g/mol. The molecule has 0 atom stereocenters. The minimum Gasteiger partial charge on any atom is -0.466 e. The van der Waals surface area contributed by atoms with Gasteiger partial charge in [0.15, 0.2) is 0 Å². The first-order valence-corrected chi connectivity index (χ1v) is 4.53. The van der Waals surface area contributed by atoms with Crippen LogP contribution in [0.2, 0.25) is 0 Å². The Morgan fingerprint density at radius 1 is 1.33 bits per heavy atom. The molecular weight excluding hydrogens is 198 g/mol. The summed E-state index contributed by atoms with van der Waals surface area (Å²) in [6, 6.07) is 0. The number of carbonyl (C=O) groups is 2. The van der Waals surface area contributed by atoms with Crippen LogP contribution in [0, 0.1) is 0 Å². The van der Waals surface area contributed by atoms with Crippen LogP contribution in [0.5, 0.6) is 0 Å². The molecule has 0 unspecified atom stereocenters. The summed E-state index contributed by atoms with van der Waals surface area (Å²) in [7, 11) is 4.99. The number of nitrogens with zero attached hydrogens (tertiary/aromatic N) is 1. The highest BCUT2D eigenvalue weighted by Crippen LogP contribution is 2.01. The minimum absolute atomic E-state index is 0.104. The van der Waals surface area contributed by atoms with E-state index < -0.39 is 11.9 Å². The number of hydrogen-bond acceptors (Lipinski definition) is 5. The van der Waals surface area contributed by atoms with Crippen LogP contribution in [-0.2, 0) is 19.1 Å². The average Bonchev–Trinajstić information content (AvgIpc) is 2.15. The molecular formula is C10H17NO4. The Labute approximate surface area is 89.6 Å². The lowest BCUT2D eigenvalue weighted by molar-refractivity contribution is -0.145. The molecule has 0 amide bonds. The van der Waals surface area contributed by atoms with E-state index in [1.54, 1.807) is 0 Å². The summed E-state index contributed by atoms with van der Waals surface area (Å²) in [4.78, 5) is 23.9. The first-order valence-electron chi connectivity index (χ1n) is 4.53. The molecule has 5 nitrogen and oxygen atoms in total. The van der Waals surface area contributed by atoms with E-state index in [2.05, 4.69) is 11.3 Å². The molecule has 0 N–H and O–H groups in total. The molecule has 0 spiro atoms. The third-order valence-electron chi connectivity index (χ3n) is 1.63. The normalized spacial score (nSPS) is 9.87. The quantitative estimate of drug-likeness (QED) is 0.468. The van der Waals surface area contributed by atoms with Gasteiger partial charge in [-0.2, -0.15) is 0 Å². The van der Waals surface area contributed by atoms with Crippen molar-refractivity contribution in [2.75, 3.05) is 34.4 Å². The number of methoxy groups -OCH3 is 1. The van der Waals surface area contributed by atoms with Gasteiger partial charge in [-0.15, -0.1) is 0 Å². The van der Waals surface area contributed by atoms with Crippen molar-refractivity contribution < 1.29 is 19.1 Å². The molecule has 86 valence electrons. The molecule has 0 saturated heterocycles. The van der Waals surface area contributed by atoms with Crippen LogP contribution in [0.15, 0.2) is 12.2 Å². The summed E-state index contributed by atoms with van der Waals surface area (Å²) in [6.45, 7) is 4.38. The zero-order chi connectivity index (χ0) is 11.8. The second kappa shape index (κ2) is 7.00. The van der Waals surface area contributed by atoms with Gasteiger partial charge < -0.3 is 14.4 Å². The van der Waals surface area contributed by atoms with Crippen molar-refractivity contribution in [3.63, 3.8) is 0 Å². The molecule has 0 saturated carbocycles. The predicted octanol–water partition coefficient (Wildman–Crippen LogP) is 0.210. The highest BCUT2D eigenvalue weighted by atomic mass is 16.5. The Bertz CT molecular complexity index is 248. The van der Waals surface area contributed by atoms with E-state index in [1.807, 2.05) is 19.0 Å². The van der Waals surface area contributed by atoms with Gasteiger partial charge in [0.05, 0.1) is 13.5 Å². The molecule has 0 aromatic rings. The van der Waals surface area contributed by atoms with Crippen LogP contribution in [0.3, 0.4) is 0 Å². The van der Waals surface area contributed by atoms with Crippen LogP contribution in [0.25, 0.3) is 0 Å². The fourth-order valence-electron chi connectivity index (χ4n) is 0.784. The maximum atomic E-state index is 11.1. The van der Waals surface area contributed by atoms with Crippen molar-refractivity contribution in [2.24, 2.45) is 0 Å². The van der Waals surface area contributed by atoms with Crippen LogP contribution in [-0.4, -0.2) is 51.2 Å². The Morgan fingerprint density at radius 2 is 1.93 bits per heavy atom.